The Balaban J connectivity index is 0. The summed E-state index contributed by atoms with van der Waals surface area (Å²) in [5.74, 6) is -0.249. The van der Waals surface area contributed by atoms with Crippen molar-refractivity contribution < 1.29 is 39.4 Å². The zero-order chi connectivity index (χ0) is 17.0. The Morgan fingerprint density at radius 1 is 1.38 bits per heavy atom. The Labute approximate surface area is 170 Å². The molecule has 0 saturated carbocycles. The first-order valence-corrected chi connectivity index (χ1v) is 7.75. The van der Waals surface area contributed by atoms with Gasteiger partial charge in [0.05, 0.1) is 34.5 Å². The maximum Gasteiger partial charge on any atom is 0.298 e. The van der Waals surface area contributed by atoms with Crippen molar-refractivity contribution in [1.82, 2.24) is 5.43 Å². The Bertz CT molecular complexity index is 689. The van der Waals surface area contributed by atoms with Gasteiger partial charge < -0.3 is 21.6 Å². The Morgan fingerprint density at radius 3 is 2.42 bits per heavy atom. The summed E-state index contributed by atoms with van der Waals surface area (Å²) in [6.45, 7) is 0.246. The first kappa shape index (κ1) is 25.6. The summed E-state index contributed by atoms with van der Waals surface area (Å²) in [6, 6.07) is 4.13. The van der Waals surface area contributed by atoms with E-state index in [4.69, 9.17) is 9.29 Å². The summed E-state index contributed by atoms with van der Waals surface area (Å²) in [5, 5.41) is 3.75. The summed E-state index contributed by atoms with van der Waals surface area (Å²) in [5.41, 5.74) is 2.73. The number of rotatable bonds is 6. The number of carbonyl (C=O) groups is 1. The van der Waals surface area contributed by atoms with Gasteiger partial charge in [0.1, 0.15) is 10.6 Å². The molecular weight excluding hydrogens is 369 g/mol. The van der Waals surface area contributed by atoms with Gasteiger partial charge in [-0.1, -0.05) is 0 Å². The van der Waals surface area contributed by atoms with Crippen molar-refractivity contribution in [2.75, 3.05) is 34.8 Å². The number of nitrogens with one attached hydrogen (secondary N) is 1. The molecule has 0 spiro atoms. The molecule has 0 aliphatic carbocycles. The van der Waals surface area contributed by atoms with E-state index in [-0.39, 0.29) is 65.1 Å². The average molecular weight is 389 g/mol. The maximum atomic E-state index is 11.6. The zero-order valence-corrected chi connectivity index (χ0v) is 17.8. The van der Waals surface area contributed by atoms with Crippen LogP contribution in [-0.2, 0) is 14.9 Å². The number of amides is 1. The van der Waals surface area contributed by atoms with Crippen LogP contribution in [0.3, 0.4) is 0 Å². The molecule has 0 aliphatic rings. The Hall–Kier alpha value is -0.680. The fraction of sp³-hybridized carbons (Fsp3) is 0.385. The van der Waals surface area contributed by atoms with Crippen LogP contribution in [0.5, 0.6) is 5.75 Å². The standard InChI is InChI=1S/C13H19N3O5S.ClH.Na/c1-16(2,3)9-13(17)15-14-8-10-5-6-11(21-4)12(7-10)22(18,19)20;;/h5-8H,9H2,1-4H3,(H-,15,17,18,19,20);1H;. The van der Waals surface area contributed by atoms with Crippen LogP contribution in [0.1, 0.15) is 5.56 Å². The molecule has 8 nitrogen and oxygen atoms in total. The van der Waals surface area contributed by atoms with Gasteiger partial charge in [-0.2, -0.15) is 13.5 Å². The number of nitrogens with zero attached hydrogens (tertiary/aromatic N) is 2. The molecule has 131 valence electrons. The van der Waals surface area contributed by atoms with E-state index >= 15 is 0 Å². The van der Waals surface area contributed by atoms with Crippen molar-refractivity contribution >= 4 is 51.8 Å². The van der Waals surface area contributed by atoms with Gasteiger partial charge in [0.25, 0.3) is 16.0 Å². The largest absolute Gasteiger partial charge is 1.00 e. The summed E-state index contributed by atoms with van der Waals surface area (Å²) in [6.07, 6.45) is 1.28. The van der Waals surface area contributed by atoms with E-state index in [0.29, 0.717) is 10.0 Å². The third-order valence-electron chi connectivity index (χ3n) is 2.49. The average Bonchev–Trinajstić information content (AvgIpc) is 2.35. The van der Waals surface area contributed by atoms with Gasteiger partial charge in [-0.25, -0.2) is 5.43 Å². The van der Waals surface area contributed by atoms with E-state index in [9.17, 15) is 13.2 Å². The minimum absolute atomic E-state index is 0. The molecule has 2 N–H and O–H groups in total. The zero-order valence-electron chi connectivity index (χ0n) is 14.3. The molecule has 1 radical (unpaired) electrons. The van der Waals surface area contributed by atoms with E-state index in [1.807, 2.05) is 21.1 Å². The molecule has 0 bridgehead atoms. The SMILES string of the molecule is COc1ccc(C=NNC(=O)C[N+](C)(C)C)cc1S(=O)(=O)O.[Cl-].[Na]. The van der Waals surface area contributed by atoms with Gasteiger partial charge in [0.2, 0.25) is 0 Å². The van der Waals surface area contributed by atoms with Crippen LogP contribution in [-0.4, -0.2) is 93.9 Å². The van der Waals surface area contributed by atoms with Crippen molar-refractivity contribution in [1.29, 1.82) is 0 Å². The Morgan fingerprint density at radius 2 is 1.96 bits per heavy atom. The quantitative estimate of drug-likeness (QED) is 0.175. The topological polar surface area (TPSA) is 105 Å². The van der Waals surface area contributed by atoms with Crippen molar-refractivity contribution in [2.45, 2.75) is 4.90 Å². The van der Waals surface area contributed by atoms with Crippen molar-refractivity contribution in [2.24, 2.45) is 5.10 Å². The van der Waals surface area contributed by atoms with Crippen LogP contribution in [0.15, 0.2) is 28.2 Å². The molecule has 0 atom stereocenters. The van der Waals surface area contributed by atoms with E-state index < -0.39 is 10.1 Å². The van der Waals surface area contributed by atoms with Gasteiger partial charge in [-0.3, -0.25) is 9.35 Å². The maximum absolute atomic E-state index is 11.6. The molecule has 0 aromatic heterocycles. The molecular formula is C13H20ClN3NaO5S. The van der Waals surface area contributed by atoms with Gasteiger partial charge in [-0.15, -0.1) is 0 Å². The molecule has 0 unspecified atom stereocenters. The van der Waals surface area contributed by atoms with Gasteiger partial charge >= 0.3 is 0 Å². The first-order valence-electron chi connectivity index (χ1n) is 6.31. The number of ether oxygens (including phenoxy) is 1. The molecule has 11 heteroatoms. The molecule has 0 aliphatic heterocycles. The minimum Gasteiger partial charge on any atom is -1.00 e. The van der Waals surface area contributed by atoms with Crippen LogP contribution >= 0.6 is 0 Å². The van der Waals surface area contributed by atoms with Gasteiger partial charge in [-0.05, 0) is 23.8 Å². The Kier molecular flexibility index (Phi) is 11.0. The fourth-order valence-corrected chi connectivity index (χ4v) is 2.31. The van der Waals surface area contributed by atoms with E-state index in [1.54, 1.807) is 6.07 Å². The van der Waals surface area contributed by atoms with Crippen molar-refractivity contribution in [3.63, 3.8) is 0 Å². The van der Waals surface area contributed by atoms with E-state index in [2.05, 4.69) is 10.5 Å². The number of halogens is 1. The molecule has 1 aromatic carbocycles. The molecule has 0 fully saturated rings. The number of likely N-dealkylation sites (N-methyl/N-ethyl adjacent to an activating group) is 1. The molecule has 0 heterocycles. The third-order valence-corrected chi connectivity index (χ3v) is 3.36. The van der Waals surface area contributed by atoms with Gasteiger partial charge in [0, 0.05) is 29.6 Å². The number of benzene rings is 1. The molecule has 1 rings (SSSR count). The number of hydrogen-bond acceptors (Lipinski definition) is 5. The van der Waals surface area contributed by atoms with Gasteiger partial charge in [0.15, 0.2) is 6.54 Å². The third kappa shape index (κ3) is 8.97. The first-order chi connectivity index (χ1) is 10.0. The number of hydrogen-bond donors (Lipinski definition) is 2. The minimum atomic E-state index is -4.41. The summed E-state index contributed by atoms with van der Waals surface area (Å²) in [7, 11) is 2.48. The summed E-state index contributed by atoms with van der Waals surface area (Å²) in [4.78, 5) is 11.2. The second-order valence-electron chi connectivity index (χ2n) is 5.63. The predicted molar refractivity (Wildman–Crippen MR) is 87.2 cm³/mol. The summed E-state index contributed by atoms with van der Waals surface area (Å²) >= 11 is 0. The predicted octanol–water partition coefficient (Wildman–Crippen LogP) is -3.28. The van der Waals surface area contributed by atoms with Crippen LogP contribution in [0.25, 0.3) is 0 Å². The summed E-state index contributed by atoms with van der Waals surface area (Å²) < 4.78 is 37.0. The molecule has 1 aromatic rings. The van der Waals surface area contributed by atoms with E-state index in [1.165, 1.54) is 25.5 Å². The number of carbonyl (C=O) groups excluding carboxylic acids is 1. The molecule has 24 heavy (non-hydrogen) atoms. The van der Waals surface area contributed by atoms with Crippen LogP contribution < -0.4 is 22.6 Å². The number of hydrazone groups is 1. The fourth-order valence-electron chi connectivity index (χ4n) is 1.62. The van der Waals surface area contributed by atoms with Crippen molar-refractivity contribution in [3.8, 4) is 5.75 Å². The van der Waals surface area contributed by atoms with E-state index in [0.717, 1.165) is 0 Å². The van der Waals surface area contributed by atoms with Crippen LogP contribution in [0, 0.1) is 0 Å². The number of methoxy groups -OCH3 is 1. The van der Waals surface area contributed by atoms with Crippen LogP contribution in [0.4, 0.5) is 0 Å². The van der Waals surface area contributed by atoms with Crippen LogP contribution in [0.2, 0.25) is 0 Å². The number of quaternary nitrogens is 1. The van der Waals surface area contributed by atoms with Crippen molar-refractivity contribution in [3.05, 3.63) is 23.8 Å². The normalized spacial score (nSPS) is 11.4. The smallest absolute Gasteiger partial charge is 0.298 e. The molecule has 0 saturated heterocycles. The monoisotopic (exact) mass is 388 g/mol. The molecule has 1 amide bonds. The second-order valence-corrected chi connectivity index (χ2v) is 7.02. The second kappa shape index (κ2) is 10.3.